The van der Waals surface area contributed by atoms with Gasteiger partial charge >= 0.3 is 11.9 Å². The molecule has 1 saturated heterocycles. The summed E-state index contributed by atoms with van der Waals surface area (Å²) < 4.78 is 19.3. The molecule has 1 aliphatic heterocycles. The minimum Gasteiger partial charge on any atom is -0.458 e. The standard InChI is InChI=1S/C28H40O7/c1-7-15(2)24(32)34-21-22-25(5)11-9-19(31)14-18(25)8-12-27(22)28(35-27)13-10-20(16(3)29)26(28,6)23(21)33-17(4)30/h7,18-23,31H,8-14H2,1-6H3/b15-7+/t18-,19-,20+,21-,22+,23+,25-,26-,27-,28+/m0/s1. The summed E-state index contributed by atoms with van der Waals surface area (Å²) in [6, 6.07) is 0. The molecule has 0 aromatic heterocycles. The van der Waals surface area contributed by atoms with Gasteiger partial charge in [-0.05, 0) is 77.0 Å². The van der Waals surface area contributed by atoms with E-state index in [1.165, 1.54) is 6.92 Å². The molecule has 1 heterocycles. The fourth-order valence-electron chi connectivity index (χ4n) is 9.25. The summed E-state index contributed by atoms with van der Waals surface area (Å²) in [5.41, 5.74) is -1.64. The van der Waals surface area contributed by atoms with Gasteiger partial charge in [-0.15, -0.1) is 0 Å². The van der Waals surface area contributed by atoms with Gasteiger partial charge < -0.3 is 19.3 Å². The number of aliphatic hydroxyl groups excluding tert-OH is 1. The monoisotopic (exact) mass is 488 g/mol. The van der Waals surface area contributed by atoms with Gasteiger partial charge in [0, 0.05) is 29.7 Å². The predicted molar refractivity (Wildman–Crippen MR) is 127 cm³/mol. The topological polar surface area (TPSA) is 102 Å². The summed E-state index contributed by atoms with van der Waals surface area (Å²) in [7, 11) is 0. The SMILES string of the molecule is C/C=C(\C)C(=O)O[C@@H]1[C@@H](OC(C)=O)[C@]2(C)[C@@H](C(C)=O)CC[C@@]23O[C@]32CC[C@H]3C[C@@H](O)CC[C@]3(C)[C@@H]12. The zero-order valence-electron chi connectivity index (χ0n) is 21.9. The lowest BCUT2D eigenvalue weighted by atomic mass is 9.43. The zero-order valence-corrected chi connectivity index (χ0v) is 21.9. The van der Waals surface area contributed by atoms with Crippen molar-refractivity contribution in [1.82, 2.24) is 0 Å². The molecule has 5 rings (SSSR count). The number of carbonyl (C=O) groups is 3. The molecule has 4 saturated carbocycles. The van der Waals surface area contributed by atoms with Gasteiger partial charge in [0.25, 0.3) is 0 Å². The molecule has 10 atom stereocenters. The third-order valence-corrected chi connectivity index (χ3v) is 11.0. The lowest BCUT2D eigenvalue weighted by molar-refractivity contribution is -0.223. The summed E-state index contributed by atoms with van der Waals surface area (Å²) in [5, 5.41) is 10.5. The number of esters is 2. The molecule has 7 nitrogen and oxygen atoms in total. The van der Waals surface area contributed by atoms with Crippen molar-refractivity contribution in [2.24, 2.45) is 28.6 Å². The molecule has 0 bridgehead atoms. The van der Waals surface area contributed by atoms with Gasteiger partial charge in [-0.25, -0.2) is 4.79 Å². The van der Waals surface area contributed by atoms with E-state index in [4.69, 9.17) is 14.2 Å². The van der Waals surface area contributed by atoms with Crippen LogP contribution in [0.3, 0.4) is 0 Å². The highest BCUT2D eigenvalue weighted by Crippen LogP contribution is 2.81. The molecule has 1 N–H and O–H groups in total. The van der Waals surface area contributed by atoms with Crippen LogP contribution in [0.15, 0.2) is 11.6 Å². The Morgan fingerprint density at radius 2 is 1.71 bits per heavy atom. The largest absolute Gasteiger partial charge is 0.458 e. The fourth-order valence-corrected chi connectivity index (χ4v) is 9.25. The molecule has 194 valence electrons. The van der Waals surface area contributed by atoms with Crippen LogP contribution in [0, 0.1) is 28.6 Å². The number of fused-ring (bicyclic) bond motifs is 2. The van der Waals surface area contributed by atoms with Crippen LogP contribution in [0.5, 0.6) is 0 Å². The number of allylic oxidation sites excluding steroid dienone is 1. The van der Waals surface area contributed by atoms with Crippen molar-refractivity contribution in [2.45, 2.75) is 116 Å². The number of aliphatic hydroxyl groups is 1. The molecule has 0 radical (unpaired) electrons. The number of Topliss-reactive ketones (excluding diaryl/α,β-unsaturated/α-hetero) is 1. The van der Waals surface area contributed by atoms with Crippen LogP contribution in [0.4, 0.5) is 0 Å². The first-order valence-corrected chi connectivity index (χ1v) is 13.3. The Kier molecular flexibility index (Phi) is 5.62. The van der Waals surface area contributed by atoms with Crippen molar-refractivity contribution < 1.29 is 33.7 Å². The number of ketones is 1. The van der Waals surface area contributed by atoms with Gasteiger partial charge in [0.1, 0.15) is 29.2 Å². The Balaban J connectivity index is 1.69. The lowest BCUT2D eigenvalue weighted by Crippen LogP contribution is -2.70. The average molecular weight is 489 g/mol. The van der Waals surface area contributed by atoms with E-state index >= 15 is 0 Å². The van der Waals surface area contributed by atoms with Crippen LogP contribution < -0.4 is 0 Å². The second-order valence-corrected chi connectivity index (χ2v) is 12.3. The molecule has 35 heavy (non-hydrogen) atoms. The number of hydrogen-bond donors (Lipinski definition) is 1. The number of ether oxygens (including phenoxy) is 3. The normalized spacial score (nSPS) is 50.2. The van der Waals surface area contributed by atoms with Crippen LogP contribution in [0.2, 0.25) is 0 Å². The van der Waals surface area contributed by atoms with Crippen molar-refractivity contribution in [3.8, 4) is 0 Å². The van der Waals surface area contributed by atoms with E-state index in [1.54, 1.807) is 26.8 Å². The number of epoxide rings is 1. The maximum Gasteiger partial charge on any atom is 0.333 e. The summed E-state index contributed by atoms with van der Waals surface area (Å²) in [4.78, 5) is 38.6. The summed E-state index contributed by atoms with van der Waals surface area (Å²) >= 11 is 0. The molecule has 7 heteroatoms. The van der Waals surface area contributed by atoms with E-state index < -0.39 is 40.8 Å². The fraction of sp³-hybridized carbons (Fsp3) is 0.821. The molecule has 0 unspecified atom stereocenters. The number of hydrogen-bond acceptors (Lipinski definition) is 7. The third-order valence-electron chi connectivity index (χ3n) is 11.0. The van der Waals surface area contributed by atoms with Gasteiger partial charge in [0.2, 0.25) is 0 Å². The van der Waals surface area contributed by atoms with Crippen LogP contribution in [0.1, 0.15) is 86.5 Å². The molecule has 2 spiro atoms. The van der Waals surface area contributed by atoms with E-state index in [0.29, 0.717) is 18.4 Å². The minimum atomic E-state index is -0.785. The molecule has 0 amide bonds. The van der Waals surface area contributed by atoms with Crippen molar-refractivity contribution in [3.63, 3.8) is 0 Å². The first kappa shape index (κ1) is 24.9. The Hall–Kier alpha value is -1.73. The van der Waals surface area contributed by atoms with Crippen molar-refractivity contribution in [3.05, 3.63) is 11.6 Å². The first-order valence-electron chi connectivity index (χ1n) is 13.3. The van der Waals surface area contributed by atoms with Crippen LogP contribution in [-0.4, -0.2) is 52.3 Å². The molecule has 5 fully saturated rings. The van der Waals surface area contributed by atoms with Crippen molar-refractivity contribution in [1.29, 1.82) is 0 Å². The molecule has 5 aliphatic rings. The van der Waals surface area contributed by atoms with Gasteiger partial charge in [0.15, 0.2) is 0 Å². The molecule has 0 aromatic carbocycles. The maximum atomic E-state index is 13.2. The van der Waals surface area contributed by atoms with E-state index in [-0.39, 0.29) is 35.1 Å². The smallest absolute Gasteiger partial charge is 0.333 e. The quantitative estimate of drug-likeness (QED) is 0.364. The molecule has 0 aromatic rings. The lowest BCUT2D eigenvalue weighted by Gasteiger charge is -2.61. The predicted octanol–water partition coefficient (Wildman–Crippen LogP) is 3.90. The highest BCUT2D eigenvalue weighted by molar-refractivity contribution is 5.88. The highest BCUT2D eigenvalue weighted by atomic mass is 16.7. The van der Waals surface area contributed by atoms with Crippen LogP contribution in [0.25, 0.3) is 0 Å². The Bertz CT molecular complexity index is 988. The van der Waals surface area contributed by atoms with E-state index in [9.17, 15) is 19.5 Å². The van der Waals surface area contributed by atoms with Gasteiger partial charge in [-0.2, -0.15) is 0 Å². The van der Waals surface area contributed by atoms with E-state index in [0.717, 1.165) is 32.1 Å². The summed E-state index contributed by atoms with van der Waals surface area (Å²) in [6.07, 6.45) is 5.22. The van der Waals surface area contributed by atoms with Crippen LogP contribution in [-0.2, 0) is 28.6 Å². The molecular formula is C28H40O7. The maximum absolute atomic E-state index is 13.2. The molecule has 4 aliphatic carbocycles. The molecular weight excluding hydrogens is 448 g/mol. The Morgan fingerprint density at radius 1 is 1.00 bits per heavy atom. The second-order valence-electron chi connectivity index (χ2n) is 12.3. The van der Waals surface area contributed by atoms with Gasteiger partial charge in [-0.1, -0.05) is 19.9 Å². The van der Waals surface area contributed by atoms with Crippen LogP contribution >= 0.6 is 0 Å². The second kappa shape index (κ2) is 7.88. The summed E-state index contributed by atoms with van der Waals surface area (Å²) in [6.45, 7) is 10.8. The number of carbonyl (C=O) groups excluding carboxylic acids is 3. The summed E-state index contributed by atoms with van der Waals surface area (Å²) in [5.74, 6) is -1.08. The highest BCUT2D eigenvalue weighted by Gasteiger charge is 2.91. The van der Waals surface area contributed by atoms with Gasteiger partial charge in [0.05, 0.1) is 6.10 Å². The minimum absolute atomic E-state index is 0.0565. The third kappa shape index (κ3) is 3.06. The van der Waals surface area contributed by atoms with Crippen molar-refractivity contribution in [2.75, 3.05) is 0 Å². The number of rotatable bonds is 4. The Morgan fingerprint density at radius 3 is 2.34 bits per heavy atom. The van der Waals surface area contributed by atoms with Gasteiger partial charge in [-0.3, -0.25) is 9.59 Å². The van der Waals surface area contributed by atoms with E-state index in [1.807, 2.05) is 6.92 Å². The zero-order chi connectivity index (χ0) is 25.6. The Labute approximate surface area is 207 Å². The first-order chi connectivity index (χ1) is 16.4. The van der Waals surface area contributed by atoms with Crippen molar-refractivity contribution >= 4 is 17.7 Å². The van der Waals surface area contributed by atoms with E-state index in [2.05, 4.69) is 6.92 Å². The average Bonchev–Trinajstić information content (AvgIpc) is 3.34.